The smallest absolute Gasteiger partial charge is 0.191 e. The number of fused-ring (bicyclic) bond motifs is 1. The lowest BCUT2D eigenvalue weighted by Gasteiger charge is -2.20. The van der Waals surface area contributed by atoms with Gasteiger partial charge in [-0.3, -0.25) is 4.99 Å². The molecule has 3 N–H and O–H groups in total. The van der Waals surface area contributed by atoms with Crippen molar-refractivity contribution in [3.63, 3.8) is 0 Å². The van der Waals surface area contributed by atoms with Crippen LogP contribution >= 0.6 is 0 Å². The van der Waals surface area contributed by atoms with Gasteiger partial charge in [-0.25, -0.2) is 0 Å². The molecule has 0 amide bonds. The highest BCUT2D eigenvalue weighted by molar-refractivity contribution is 5.83. The first kappa shape index (κ1) is 16.4. The first-order valence-corrected chi connectivity index (χ1v) is 8.21. The molecule has 120 valence electrons. The lowest BCUT2D eigenvalue weighted by molar-refractivity contribution is 0.481. The number of hydrogen-bond donors (Lipinski definition) is 3. The van der Waals surface area contributed by atoms with E-state index in [1.54, 1.807) is 0 Å². The van der Waals surface area contributed by atoms with E-state index < -0.39 is 0 Å². The molecule has 1 heterocycles. The van der Waals surface area contributed by atoms with Crippen LogP contribution < -0.4 is 10.6 Å². The minimum Gasteiger partial charge on any atom is -0.361 e. The number of aliphatic imine (C=N–C) groups is 1. The molecule has 0 saturated heterocycles. The third kappa shape index (κ3) is 4.26. The molecule has 0 fully saturated rings. The molecule has 0 aliphatic carbocycles. The molecule has 0 radical (unpaired) electrons. The molecule has 1 aromatic carbocycles. The van der Waals surface area contributed by atoms with Crippen LogP contribution in [0.3, 0.4) is 0 Å². The Bertz CT molecular complexity index is 612. The highest BCUT2D eigenvalue weighted by Gasteiger charge is 2.09. The van der Waals surface area contributed by atoms with Gasteiger partial charge in [0.1, 0.15) is 0 Å². The Balaban J connectivity index is 1.98. The van der Waals surface area contributed by atoms with Gasteiger partial charge >= 0.3 is 0 Å². The second-order valence-corrected chi connectivity index (χ2v) is 6.05. The van der Waals surface area contributed by atoms with Crippen LogP contribution in [0.1, 0.15) is 33.3 Å². The normalized spacial score (nSPS) is 13.6. The highest BCUT2D eigenvalue weighted by atomic mass is 15.2. The first-order chi connectivity index (χ1) is 10.6. The maximum absolute atomic E-state index is 4.70. The van der Waals surface area contributed by atoms with Crippen molar-refractivity contribution < 1.29 is 0 Å². The van der Waals surface area contributed by atoms with Crippen molar-refractivity contribution in [3.05, 3.63) is 36.0 Å². The van der Waals surface area contributed by atoms with E-state index in [0.29, 0.717) is 12.0 Å². The van der Waals surface area contributed by atoms with Gasteiger partial charge in [-0.1, -0.05) is 32.0 Å². The van der Waals surface area contributed by atoms with Crippen molar-refractivity contribution in [3.8, 4) is 0 Å². The molecule has 2 aromatic rings. The van der Waals surface area contributed by atoms with Crippen LogP contribution in [-0.2, 0) is 6.42 Å². The van der Waals surface area contributed by atoms with Gasteiger partial charge in [-0.2, -0.15) is 0 Å². The summed E-state index contributed by atoms with van der Waals surface area (Å²) in [5.74, 6) is 1.49. The highest BCUT2D eigenvalue weighted by Crippen LogP contribution is 2.17. The second kappa shape index (κ2) is 7.87. The monoisotopic (exact) mass is 300 g/mol. The van der Waals surface area contributed by atoms with Crippen molar-refractivity contribution in [2.75, 3.05) is 13.1 Å². The Morgan fingerprint density at radius 3 is 2.73 bits per heavy atom. The number of para-hydroxylation sites is 1. The van der Waals surface area contributed by atoms with Crippen LogP contribution in [-0.4, -0.2) is 30.1 Å². The minimum absolute atomic E-state index is 0.408. The average molecular weight is 300 g/mol. The minimum atomic E-state index is 0.408. The molecule has 22 heavy (non-hydrogen) atoms. The molecule has 0 saturated carbocycles. The van der Waals surface area contributed by atoms with E-state index in [2.05, 4.69) is 73.8 Å². The lowest BCUT2D eigenvalue weighted by Crippen LogP contribution is -2.44. The first-order valence-electron chi connectivity index (χ1n) is 8.21. The van der Waals surface area contributed by atoms with Gasteiger partial charge in [0.15, 0.2) is 5.96 Å². The summed E-state index contributed by atoms with van der Waals surface area (Å²) in [5.41, 5.74) is 2.52. The zero-order valence-corrected chi connectivity index (χ0v) is 14.1. The Morgan fingerprint density at radius 2 is 2.00 bits per heavy atom. The van der Waals surface area contributed by atoms with Gasteiger partial charge in [0, 0.05) is 36.2 Å². The van der Waals surface area contributed by atoms with Gasteiger partial charge in [-0.15, -0.1) is 0 Å². The summed E-state index contributed by atoms with van der Waals surface area (Å²) in [5, 5.41) is 8.08. The lowest BCUT2D eigenvalue weighted by atomic mass is 10.1. The van der Waals surface area contributed by atoms with Crippen LogP contribution in [0.4, 0.5) is 0 Å². The van der Waals surface area contributed by atoms with E-state index in [1.165, 1.54) is 16.5 Å². The zero-order chi connectivity index (χ0) is 15.9. The number of hydrogen-bond acceptors (Lipinski definition) is 1. The molecule has 1 unspecified atom stereocenters. The summed E-state index contributed by atoms with van der Waals surface area (Å²) in [4.78, 5) is 8.02. The number of guanidine groups is 1. The zero-order valence-electron chi connectivity index (χ0n) is 14.1. The van der Waals surface area contributed by atoms with Crippen LogP contribution in [0.5, 0.6) is 0 Å². The molecular weight excluding hydrogens is 272 g/mol. The molecule has 4 heteroatoms. The molecule has 0 spiro atoms. The number of aromatic amines is 1. The number of H-pyrrole nitrogens is 1. The summed E-state index contributed by atoms with van der Waals surface area (Å²) in [6, 6.07) is 8.82. The van der Waals surface area contributed by atoms with Gasteiger partial charge in [0.25, 0.3) is 0 Å². The van der Waals surface area contributed by atoms with Gasteiger partial charge in [0.2, 0.25) is 0 Å². The van der Waals surface area contributed by atoms with Crippen LogP contribution in [0.25, 0.3) is 10.9 Å². The van der Waals surface area contributed by atoms with Gasteiger partial charge in [0.05, 0.1) is 0 Å². The Kier molecular flexibility index (Phi) is 5.87. The standard InChI is InChI=1S/C18H28N4/c1-5-19-18(22-14(4)13(2)3)20-11-10-15-12-21-17-9-7-6-8-16(15)17/h6-9,12-14,21H,5,10-11H2,1-4H3,(H2,19,20,22). The van der Waals surface area contributed by atoms with Crippen LogP contribution in [0.15, 0.2) is 35.5 Å². The number of nitrogens with one attached hydrogen (secondary N) is 3. The van der Waals surface area contributed by atoms with Crippen molar-refractivity contribution >= 4 is 16.9 Å². The van der Waals surface area contributed by atoms with Crippen molar-refractivity contribution in [1.82, 2.24) is 15.6 Å². The molecule has 2 rings (SSSR count). The van der Waals surface area contributed by atoms with Crippen LogP contribution in [0, 0.1) is 5.92 Å². The third-order valence-corrected chi connectivity index (χ3v) is 4.03. The third-order valence-electron chi connectivity index (χ3n) is 4.03. The topological polar surface area (TPSA) is 52.2 Å². The predicted octanol–water partition coefficient (Wildman–Crippen LogP) is 3.31. The molecule has 0 aliphatic heterocycles. The fourth-order valence-electron chi connectivity index (χ4n) is 2.33. The Hall–Kier alpha value is -1.97. The predicted molar refractivity (Wildman–Crippen MR) is 95.4 cm³/mol. The summed E-state index contributed by atoms with van der Waals surface area (Å²) in [7, 11) is 0. The second-order valence-electron chi connectivity index (χ2n) is 6.05. The number of benzene rings is 1. The fourth-order valence-corrected chi connectivity index (χ4v) is 2.33. The number of rotatable bonds is 6. The van der Waals surface area contributed by atoms with E-state index in [4.69, 9.17) is 4.99 Å². The van der Waals surface area contributed by atoms with E-state index >= 15 is 0 Å². The van der Waals surface area contributed by atoms with E-state index in [1.807, 2.05) is 0 Å². The van der Waals surface area contributed by atoms with Crippen molar-refractivity contribution in [2.24, 2.45) is 10.9 Å². The summed E-state index contributed by atoms with van der Waals surface area (Å²) in [6.07, 6.45) is 3.04. The SMILES string of the molecule is CCNC(=NCCc1c[nH]c2ccccc12)NC(C)C(C)C. The van der Waals surface area contributed by atoms with E-state index in [0.717, 1.165) is 25.5 Å². The number of aromatic nitrogens is 1. The fraction of sp³-hybridized carbons (Fsp3) is 0.500. The maximum Gasteiger partial charge on any atom is 0.191 e. The average Bonchev–Trinajstić information content (AvgIpc) is 2.91. The molecular formula is C18H28N4. The van der Waals surface area contributed by atoms with Gasteiger partial charge < -0.3 is 15.6 Å². The molecule has 4 nitrogen and oxygen atoms in total. The van der Waals surface area contributed by atoms with E-state index in [-0.39, 0.29) is 0 Å². The summed E-state index contributed by atoms with van der Waals surface area (Å²) in [6.45, 7) is 10.4. The molecule has 1 atom stereocenters. The van der Waals surface area contributed by atoms with Crippen molar-refractivity contribution in [1.29, 1.82) is 0 Å². The quantitative estimate of drug-likeness (QED) is 0.566. The van der Waals surface area contributed by atoms with E-state index in [9.17, 15) is 0 Å². The Labute approximate surface area is 133 Å². The largest absolute Gasteiger partial charge is 0.361 e. The molecule has 0 bridgehead atoms. The number of nitrogens with zero attached hydrogens (tertiary/aromatic N) is 1. The maximum atomic E-state index is 4.70. The Morgan fingerprint density at radius 1 is 1.23 bits per heavy atom. The summed E-state index contributed by atoms with van der Waals surface area (Å²) >= 11 is 0. The molecule has 1 aromatic heterocycles. The molecule has 0 aliphatic rings. The van der Waals surface area contributed by atoms with Crippen LogP contribution in [0.2, 0.25) is 0 Å². The van der Waals surface area contributed by atoms with Crippen molar-refractivity contribution in [2.45, 2.75) is 40.2 Å². The summed E-state index contributed by atoms with van der Waals surface area (Å²) < 4.78 is 0. The van der Waals surface area contributed by atoms with Gasteiger partial charge in [-0.05, 0) is 37.8 Å².